The van der Waals surface area contributed by atoms with Crippen molar-refractivity contribution in [3.63, 3.8) is 0 Å². The van der Waals surface area contributed by atoms with E-state index in [1.807, 2.05) is 4.90 Å². The maximum Gasteiger partial charge on any atom is 0.274 e. The van der Waals surface area contributed by atoms with Gasteiger partial charge in [-0.15, -0.1) is 10.2 Å². The van der Waals surface area contributed by atoms with E-state index in [2.05, 4.69) is 22.4 Å². The molecule has 0 spiro atoms. The summed E-state index contributed by atoms with van der Waals surface area (Å²) in [4.78, 5) is 14.4. The minimum atomic E-state index is -0.0720. The number of amides is 1. The van der Waals surface area contributed by atoms with E-state index in [1.54, 1.807) is 19.2 Å². The second kappa shape index (κ2) is 7.03. The van der Waals surface area contributed by atoms with Crippen molar-refractivity contribution in [1.29, 1.82) is 0 Å². The number of hydrogen-bond acceptors (Lipinski definition) is 6. The van der Waals surface area contributed by atoms with Crippen LogP contribution in [-0.2, 0) is 4.74 Å². The first-order chi connectivity index (χ1) is 11.5. The molecule has 1 aromatic heterocycles. The molecule has 1 amide bonds. The maximum absolute atomic E-state index is 12.5. The van der Waals surface area contributed by atoms with Gasteiger partial charge >= 0.3 is 0 Å². The number of piperidine rings is 1. The van der Waals surface area contributed by atoms with Crippen LogP contribution in [0.25, 0.3) is 0 Å². The summed E-state index contributed by atoms with van der Waals surface area (Å²) in [7, 11) is 1.75. The summed E-state index contributed by atoms with van der Waals surface area (Å²) in [5.74, 6) is 1.04. The van der Waals surface area contributed by atoms with Gasteiger partial charge in [0.15, 0.2) is 5.69 Å². The summed E-state index contributed by atoms with van der Waals surface area (Å²) in [5.41, 5.74) is 5.99. The summed E-state index contributed by atoms with van der Waals surface area (Å²) < 4.78 is 5.48. The molecule has 0 radical (unpaired) electrons. The minimum absolute atomic E-state index is 0.0720. The van der Waals surface area contributed by atoms with Crippen molar-refractivity contribution >= 4 is 11.7 Å². The lowest BCUT2D eigenvalue weighted by Crippen LogP contribution is -2.49. The zero-order valence-electron chi connectivity index (χ0n) is 14.5. The van der Waals surface area contributed by atoms with E-state index in [0.29, 0.717) is 17.6 Å². The van der Waals surface area contributed by atoms with Crippen molar-refractivity contribution < 1.29 is 9.53 Å². The number of nitrogens with zero attached hydrogens (tertiary/aromatic N) is 3. The molecule has 2 heterocycles. The number of carbonyl (C=O) groups is 1. The van der Waals surface area contributed by atoms with Gasteiger partial charge in [0.2, 0.25) is 0 Å². The molecule has 1 aliphatic heterocycles. The topological polar surface area (TPSA) is 93.4 Å². The predicted octanol–water partition coefficient (Wildman–Crippen LogP) is 0.926. The summed E-state index contributed by atoms with van der Waals surface area (Å²) in [6, 6.07) is 3.90. The molecule has 0 bridgehead atoms. The van der Waals surface area contributed by atoms with Crippen molar-refractivity contribution in [1.82, 2.24) is 20.4 Å². The maximum atomic E-state index is 12.5. The minimum Gasteiger partial charge on any atom is -0.384 e. The van der Waals surface area contributed by atoms with Crippen LogP contribution in [-0.4, -0.2) is 60.4 Å². The third kappa shape index (κ3) is 3.84. The fraction of sp³-hybridized carbons (Fsp3) is 0.706. The molecule has 132 valence electrons. The van der Waals surface area contributed by atoms with Crippen molar-refractivity contribution in [2.75, 3.05) is 39.1 Å². The van der Waals surface area contributed by atoms with Gasteiger partial charge in [0.25, 0.3) is 5.91 Å². The van der Waals surface area contributed by atoms with E-state index >= 15 is 0 Å². The molecule has 1 saturated heterocycles. The summed E-state index contributed by atoms with van der Waals surface area (Å²) in [6.07, 6.45) is 3.13. The summed E-state index contributed by atoms with van der Waals surface area (Å²) in [5, 5.41) is 11.3. The second-order valence-electron chi connectivity index (χ2n) is 7.27. The Bertz CT molecular complexity index is 569. The van der Waals surface area contributed by atoms with Crippen LogP contribution in [0, 0.1) is 11.3 Å². The Hall–Kier alpha value is -1.73. The fourth-order valence-electron chi connectivity index (χ4n) is 3.44. The average Bonchev–Trinajstić information content (AvgIpc) is 3.30. The molecule has 3 rings (SSSR count). The van der Waals surface area contributed by atoms with Gasteiger partial charge in [-0.2, -0.15) is 0 Å². The normalized spacial score (nSPS) is 25.5. The average molecular weight is 333 g/mol. The lowest BCUT2D eigenvalue weighted by atomic mass is 9.78. The second-order valence-corrected chi connectivity index (χ2v) is 7.27. The first kappa shape index (κ1) is 17.1. The van der Waals surface area contributed by atoms with Gasteiger partial charge in [-0.25, -0.2) is 0 Å². The molecule has 0 aromatic carbocycles. The van der Waals surface area contributed by atoms with Crippen molar-refractivity contribution in [3.8, 4) is 0 Å². The van der Waals surface area contributed by atoms with E-state index < -0.39 is 0 Å². The van der Waals surface area contributed by atoms with Crippen molar-refractivity contribution in [2.24, 2.45) is 11.3 Å². The highest BCUT2D eigenvalue weighted by Crippen LogP contribution is 2.35. The molecule has 2 aliphatic rings. The van der Waals surface area contributed by atoms with Crippen molar-refractivity contribution in [2.45, 2.75) is 32.2 Å². The van der Waals surface area contributed by atoms with Gasteiger partial charge in [-0.05, 0) is 37.3 Å². The number of hydrogen-bond donors (Lipinski definition) is 2. The van der Waals surface area contributed by atoms with Gasteiger partial charge in [-0.1, -0.05) is 6.92 Å². The molecule has 3 N–H and O–H groups in total. The Kier molecular flexibility index (Phi) is 5.01. The molecule has 2 atom stereocenters. The molecular formula is C17H27N5O2. The third-order valence-electron chi connectivity index (χ3n) is 5.31. The van der Waals surface area contributed by atoms with Crippen LogP contribution in [0.15, 0.2) is 12.1 Å². The number of anilines is 1. The molecule has 1 aliphatic carbocycles. The fourth-order valence-corrected chi connectivity index (χ4v) is 3.44. The van der Waals surface area contributed by atoms with Gasteiger partial charge in [0, 0.05) is 38.2 Å². The SMILES string of the molecule is COCC1(CN[C@@H]2C[C@H]2C)CCN(C(=O)c2ccc(N)nn2)CC1. The van der Waals surface area contributed by atoms with E-state index in [0.717, 1.165) is 45.0 Å². The Balaban J connectivity index is 1.57. The number of rotatable bonds is 6. The van der Waals surface area contributed by atoms with E-state index in [1.165, 1.54) is 6.42 Å². The molecule has 24 heavy (non-hydrogen) atoms. The zero-order chi connectivity index (χ0) is 17.2. The molecular weight excluding hydrogens is 306 g/mol. The molecule has 2 fully saturated rings. The Morgan fingerprint density at radius 2 is 2.12 bits per heavy atom. The monoisotopic (exact) mass is 333 g/mol. The first-order valence-electron chi connectivity index (χ1n) is 8.64. The first-order valence-corrected chi connectivity index (χ1v) is 8.64. The number of carbonyl (C=O) groups excluding carboxylic acids is 1. The highest BCUT2D eigenvalue weighted by molar-refractivity contribution is 5.92. The van der Waals surface area contributed by atoms with Crippen LogP contribution in [0.1, 0.15) is 36.7 Å². The van der Waals surface area contributed by atoms with Crippen molar-refractivity contribution in [3.05, 3.63) is 17.8 Å². The zero-order valence-corrected chi connectivity index (χ0v) is 14.5. The molecule has 1 aromatic rings. The molecule has 7 heteroatoms. The van der Waals surface area contributed by atoms with E-state index in [4.69, 9.17) is 10.5 Å². The van der Waals surface area contributed by atoms with Crippen LogP contribution in [0.5, 0.6) is 0 Å². The van der Waals surface area contributed by atoms with Crippen LogP contribution < -0.4 is 11.1 Å². The predicted molar refractivity (Wildman–Crippen MR) is 91.5 cm³/mol. The van der Waals surface area contributed by atoms with Gasteiger partial charge in [0.1, 0.15) is 5.82 Å². The smallest absolute Gasteiger partial charge is 0.274 e. The standard InChI is InChI=1S/C17H27N5O2/c1-12-9-14(12)19-10-17(11-24-2)5-7-22(8-6-17)16(23)13-3-4-15(18)21-20-13/h3-4,12,14,19H,5-11H2,1-2H3,(H2,18,21)/t12-,14-/m1/s1. The molecule has 1 saturated carbocycles. The number of likely N-dealkylation sites (tertiary alicyclic amines) is 1. The number of nitrogens with one attached hydrogen (secondary N) is 1. The van der Waals surface area contributed by atoms with Crippen LogP contribution in [0.4, 0.5) is 5.82 Å². The highest BCUT2D eigenvalue weighted by atomic mass is 16.5. The summed E-state index contributed by atoms with van der Waals surface area (Å²) in [6.45, 7) is 5.40. The number of nitrogen functional groups attached to an aromatic ring is 1. The lowest BCUT2D eigenvalue weighted by molar-refractivity contribution is 0.0198. The Labute approximate surface area is 142 Å². The number of ether oxygens (including phenoxy) is 1. The van der Waals surface area contributed by atoms with Crippen LogP contribution >= 0.6 is 0 Å². The van der Waals surface area contributed by atoms with Gasteiger partial charge in [0.05, 0.1) is 6.61 Å². The van der Waals surface area contributed by atoms with Crippen LogP contribution in [0.2, 0.25) is 0 Å². The molecule has 0 unspecified atom stereocenters. The van der Waals surface area contributed by atoms with Gasteiger partial charge < -0.3 is 20.7 Å². The highest BCUT2D eigenvalue weighted by Gasteiger charge is 2.39. The largest absolute Gasteiger partial charge is 0.384 e. The van der Waals surface area contributed by atoms with Gasteiger partial charge in [-0.3, -0.25) is 4.79 Å². The third-order valence-corrected chi connectivity index (χ3v) is 5.31. The Morgan fingerprint density at radius 3 is 2.67 bits per heavy atom. The number of methoxy groups -OCH3 is 1. The lowest BCUT2D eigenvalue weighted by Gasteiger charge is -2.41. The summed E-state index contributed by atoms with van der Waals surface area (Å²) >= 11 is 0. The quantitative estimate of drug-likeness (QED) is 0.804. The van der Waals surface area contributed by atoms with E-state index in [-0.39, 0.29) is 11.3 Å². The number of nitrogens with two attached hydrogens (primary N) is 1. The molecule has 7 nitrogen and oxygen atoms in total. The number of aromatic nitrogens is 2. The van der Waals surface area contributed by atoms with E-state index in [9.17, 15) is 4.79 Å². The van der Waals surface area contributed by atoms with Crippen LogP contribution in [0.3, 0.4) is 0 Å². The Morgan fingerprint density at radius 1 is 1.42 bits per heavy atom.